The highest BCUT2D eigenvalue weighted by atomic mass is 35.5. The third kappa shape index (κ3) is 4.80. The summed E-state index contributed by atoms with van der Waals surface area (Å²) in [7, 11) is 0. The van der Waals surface area contributed by atoms with Gasteiger partial charge in [-0.05, 0) is 56.2 Å². The number of carbonyl (C=O) groups is 2. The quantitative estimate of drug-likeness (QED) is 0.481. The molecule has 0 aliphatic carbocycles. The lowest BCUT2D eigenvalue weighted by molar-refractivity contribution is -0.153. The van der Waals surface area contributed by atoms with Gasteiger partial charge in [0.1, 0.15) is 23.5 Å². The molecule has 2 aromatic carbocycles. The molecule has 3 rings (SSSR count). The van der Waals surface area contributed by atoms with Crippen molar-refractivity contribution in [1.82, 2.24) is 5.32 Å². The zero-order chi connectivity index (χ0) is 22.1. The highest BCUT2D eigenvalue weighted by Crippen LogP contribution is 2.31. The Morgan fingerprint density at radius 2 is 1.83 bits per heavy atom. The highest BCUT2D eigenvalue weighted by Gasteiger charge is 2.23. The number of hydrogen-bond acceptors (Lipinski definition) is 6. The second kappa shape index (κ2) is 8.20. The molecule has 1 amide bonds. The van der Waals surface area contributed by atoms with Crippen molar-refractivity contribution in [2.75, 3.05) is 6.54 Å². The van der Waals surface area contributed by atoms with E-state index < -0.39 is 41.0 Å². The van der Waals surface area contributed by atoms with Gasteiger partial charge in [0.15, 0.2) is 5.56 Å². The maximum absolute atomic E-state index is 12.4. The number of hydrogen-bond donors (Lipinski definition) is 2. The first-order valence-electron chi connectivity index (χ1n) is 9.11. The van der Waals surface area contributed by atoms with Crippen molar-refractivity contribution in [3.8, 4) is 16.9 Å². The van der Waals surface area contributed by atoms with Gasteiger partial charge in [-0.25, -0.2) is 4.79 Å². The van der Waals surface area contributed by atoms with Crippen molar-refractivity contribution in [2.45, 2.75) is 26.4 Å². The average Bonchev–Trinajstić information content (AvgIpc) is 2.64. The van der Waals surface area contributed by atoms with Gasteiger partial charge in [-0.2, -0.15) is 0 Å². The molecule has 0 bridgehead atoms. The number of fused-ring (bicyclic) bond motifs is 1. The monoisotopic (exact) mass is 429 g/mol. The Morgan fingerprint density at radius 3 is 2.50 bits per heavy atom. The summed E-state index contributed by atoms with van der Waals surface area (Å²) in [4.78, 5) is 36.5. The van der Waals surface area contributed by atoms with E-state index in [1.54, 1.807) is 51.1 Å². The fourth-order valence-corrected chi connectivity index (χ4v) is 3.04. The van der Waals surface area contributed by atoms with E-state index in [1.807, 2.05) is 6.07 Å². The Labute approximate surface area is 177 Å². The largest absolute Gasteiger partial charge is 0.506 e. The van der Waals surface area contributed by atoms with E-state index in [2.05, 4.69) is 5.32 Å². The maximum atomic E-state index is 12.4. The lowest BCUT2D eigenvalue weighted by Gasteiger charge is -2.19. The fourth-order valence-electron chi connectivity index (χ4n) is 2.85. The van der Waals surface area contributed by atoms with Gasteiger partial charge in [0.2, 0.25) is 0 Å². The summed E-state index contributed by atoms with van der Waals surface area (Å²) in [6.07, 6.45) is 0. The third-order valence-electron chi connectivity index (χ3n) is 4.08. The summed E-state index contributed by atoms with van der Waals surface area (Å²) in [5.74, 6) is -2.14. The van der Waals surface area contributed by atoms with Gasteiger partial charge in [-0.3, -0.25) is 9.59 Å². The first-order chi connectivity index (χ1) is 14.0. The van der Waals surface area contributed by atoms with Crippen LogP contribution in [-0.2, 0) is 9.53 Å². The minimum Gasteiger partial charge on any atom is -0.506 e. The summed E-state index contributed by atoms with van der Waals surface area (Å²) >= 11 is 6.02. The molecule has 2 N–H and O–H groups in total. The molecule has 0 aliphatic heterocycles. The molecule has 0 atom stereocenters. The molecule has 0 aliphatic rings. The molecule has 0 unspecified atom stereocenters. The molecule has 1 heterocycles. The number of esters is 1. The summed E-state index contributed by atoms with van der Waals surface area (Å²) < 4.78 is 10.3. The zero-order valence-corrected chi connectivity index (χ0v) is 17.4. The van der Waals surface area contributed by atoms with Crippen LogP contribution in [0.4, 0.5) is 0 Å². The van der Waals surface area contributed by atoms with Crippen LogP contribution in [0.1, 0.15) is 31.1 Å². The molecule has 0 fully saturated rings. The molecule has 0 saturated carbocycles. The van der Waals surface area contributed by atoms with E-state index in [4.69, 9.17) is 20.8 Å². The number of rotatable bonds is 4. The SMILES string of the molecule is CC(C)(C)OC(=O)CNC(=O)c1c(O)c2ccc(-c3cccc(Cl)c3)cc2oc1=O. The molecule has 156 valence electrons. The van der Waals surface area contributed by atoms with Gasteiger partial charge >= 0.3 is 11.6 Å². The minimum absolute atomic E-state index is 0.110. The molecule has 0 saturated heterocycles. The summed E-state index contributed by atoms with van der Waals surface area (Å²) in [6.45, 7) is 4.61. The van der Waals surface area contributed by atoms with Gasteiger partial charge in [0, 0.05) is 5.02 Å². The smallest absolute Gasteiger partial charge is 0.353 e. The van der Waals surface area contributed by atoms with Crippen LogP contribution < -0.4 is 10.9 Å². The van der Waals surface area contributed by atoms with Crippen molar-refractivity contribution in [2.24, 2.45) is 0 Å². The number of aromatic hydroxyl groups is 1. The third-order valence-corrected chi connectivity index (χ3v) is 4.31. The van der Waals surface area contributed by atoms with E-state index >= 15 is 0 Å². The second-order valence-corrected chi connectivity index (χ2v) is 8.04. The Morgan fingerprint density at radius 1 is 1.13 bits per heavy atom. The second-order valence-electron chi connectivity index (χ2n) is 7.60. The predicted octanol–water partition coefficient (Wildman–Crippen LogP) is 3.89. The zero-order valence-electron chi connectivity index (χ0n) is 16.6. The highest BCUT2D eigenvalue weighted by molar-refractivity contribution is 6.30. The van der Waals surface area contributed by atoms with Crippen LogP contribution in [0.15, 0.2) is 51.7 Å². The fraction of sp³-hybridized carbons (Fsp3) is 0.227. The summed E-state index contributed by atoms with van der Waals surface area (Å²) in [5.41, 5.74) is -0.697. The van der Waals surface area contributed by atoms with Crippen molar-refractivity contribution >= 4 is 34.4 Å². The van der Waals surface area contributed by atoms with E-state index in [0.717, 1.165) is 11.1 Å². The number of amides is 1. The van der Waals surface area contributed by atoms with Crippen LogP contribution >= 0.6 is 11.6 Å². The Balaban J connectivity index is 1.90. The first-order valence-corrected chi connectivity index (χ1v) is 9.49. The van der Waals surface area contributed by atoms with Gasteiger partial charge in [-0.1, -0.05) is 29.8 Å². The molecule has 7 nitrogen and oxygen atoms in total. The van der Waals surface area contributed by atoms with Crippen LogP contribution in [0, 0.1) is 0 Å². The maximum Gasteiger partial charge on any atom is 0.353 e. The lowest BCUT2D eigenvalue weighted by Crippen LogP contribution is -2.36. The standard InChI is InChI=1S/C22H20ClNO6/c1-22(2,3)30-17(25)11-24-20(27)18-19(26)15-8-7-13(10-16(15)29-21(18)28)12-5-4-6-14(23)9-12/h4-10,26H,11H2,1-3H3,(H,24,27). The molecule has 30 heavy (non-hydrogen) atoms. The molecule has 0 radical (unpaired) electrons. The predicted molar refractivity (Wildman–Crippen MR) is 113 cm³/mol. The van der Waals surface area contributed by atoms with Crippen molar-refractivity contribution < 1.29 is 23.8 Å². The van der Waals surface area contributed by atoms with Crippen LogP contribution in [0.25, 0.3) is 22.1 Å². The minimum atomic E-state index is -1.02. The first kappa shape index (κ1) is 21.4. The van der Waals surface area contributed by atoms with Gasteiger partial charge in [0.25, 0.3) is 5.91 Å². The van der Waals surface area contributed by atoms with Gasteiger partial charge in [0.05, 0.1) is 5.39 Å². The van der Waals surface area contributed by atoms with Crippen LogP contribution in [0.2, 0.25) is 5.02 Å². The molecule has 0 spiro atoms. The number of carbonyl (C=O) groups excluding carboxylic acids is 2. The van der Waals surface area contributed by atoms with Crippen molar-refractivity contribution in [3.63, 3.8) is 0 Å². The molecular weight excluding hydrogens is 410 g/mol. The van der Waals surface area contributed by atoms with Crippen LogP contribution in [0.5, 0.6) is 5.75 Å². The average molecular weight is 430 g/mol. The summed E-state index contributed by atoms with van der Waals surface area (Å²) in [5, 5.41) is 13.5. The Kier molecular flexibility index (Phi) is 5.85. The Hall–Kier alpha value is -3.32. The normalized spacial score (nSPS) is 11.3. The van der Waals surface area contributed by atoms with E-state index in [-0.39, 0.29) is 11.0 Å². The van der Waals surface area contributed by atoms with E-state index in [1.165, 1.54) is 6.07 Å². The van der Waals surface area contributed by atoms with Crippen molar-refractivity contribution in [1.29, 1.82) is 0 Å². The number of halogens is 1. The lowest BCUT2D eigenvalue weighted by atomic mass is 10.0. The molecular formula is C22H20ClNO6. The van der Waals surface area contributed by atoms with E-state index in [9.17, 15) is 19.5 Å². The van der Waals surface area contributed by atoms with Crippen LogP contribution in [-0.4, -0.2) is 29.1 Å². The molecule has 8 heteroatoms. The number of nitrogens with one attached hydrogen (secondary N) is 1. The van der Waals surface area contributed by atoms with E-state index in [0.29, 0.717) is 5.02 Å². The number of benzene rings is 2. The topological polar surface area (TPSA) is 106 Å². The van der Waals surface area contributed by atoms with Crippen LogP contribution in [0.3, 0.4) is 0 Å². The Bertz CT molecular complexity index is 1190. The van der Waals surface area contributed by atoms with Gasteiger partial charge in [-0.15, -0.1) is 0 Å². The summed E-state index contributed by atoms with van der Waals surface area (Å²) in [6, 6.07) is 11.9. The molecule has 1 aromatic heterocycles. The van der Waals surface area contributed by atoms with Gasteiger partial charge < -0.3 is 19.6 Å². The van der Waals surface area contributed by atoms with Crippen molar-refractivity contribution in [3.05, 3.63) is 63.5 Å². The molecule has 3 aromatic rings. The number of ether oxygens (including phenoxy) is 1.